The van der Waals surface area contributed by atoms with E-state index in [-0.39, 0.29) is 11.9 Å². The number of piperazine rings is 2. The van der Waals surface area contributed by atoms with Crippen LogP contribution in [0.25, 0.3) is 22.2 Å². The van der Waals surface area contributed by atoms with Gasteiger partial charge in [-0.3, -0.25) is 14.6 Å². The molecule has 0 bridgehead atoms. The number of rotatable bonds is 3. The second-order valence-corrected chi connectivity index (χ2v) is 7.66. The first-order valence-corrected chi connectivity index (χ1v) is 9.87. The fourth-order valence-corrected chi connectivity index (χ4v) is 4.21. The number of hydrogen-bond acceptors (Lipinski definition) is 5. The normalized spacial score (nSPS) is 20.9. The second-order valence-electron chi connectivity index (χ2n) is 7.66. The van der Waals surface area contributed by atoms with Crippen molar-refractivity contribution >= 4 is 16.7 Å². The van der Waals surface area contributed by atoms with Gasteiger partial charge in [0.05, 0.1) is 5.69 Å². The van der Waals surface area contributed by atoms with Crippen LogP contribution in [0.15, 0.2) is 46.9 Å². The molecule has 28 heavy (non-hydrogen) atoms. The largest absolute Gasteiger partial charge is 0.441 e. The molecule has 0 unspecified atom stereocenters. The number of aryl methyl sites for hydroxylation is 1. The molecular formula is C22H24N4O2. The highest BCUT2D eigenvalue weighted by Gasteiger charge is 2.35. The van der Waals surface area contributed by atoms with Crippen LogP contribution in [0.2, 0.25) is 0 Å². The molecule has 6 heteroatoms. The number of nitrogens with zero attached hydrogens (tertiary/aromatic N) is 3. The Balaban J connectivity index is 1.35. The predicted octanol–water partition coefficient (Wildman–Crippen LogP) is 2.42. The summed E-state index contributed by atoms with van der Waals surface area (Å²) in [6, 6.07) is 14.5. The van der Waals surface area contributed by atoms with Crippen LogP contribution in [-0.4, -0.2) is 59.5 Å². The number of benzene rings is 2. The van der Waals surface area contributed by atoms with Crippen LogP contribution in [0.3, 0.4) is 0 Å². The van der Waals surface area contributed by atoms with Crippen molar-refractivity contribution in [1.29, 1.82) is 0 Å². The van der Waals surface area contributed by atoms with E-state index in [1.165, 1.54) is 10.8 Å². The first-order valence-electron chi connectivity index (χ1n) is 9.87. The maximum Gasteiger partial charge on any atom is 0.238 e. The monoisotopic (exact) mass is 376 g/mol. The molecule has 0 spiro atoms. The smallest absolute Gasteiger partial charge is 0.238 e. The molecule has 6 nitrogen and oxygen atoms in total. The van der Waals surface area contributed by atoms with E-state index in [1.54, 1.807) is 0 Å². The van der Waals surface area contributed by atoms with Crippen molar-refractivity contribution in [3.05, 3.63) is 53.9 Å². The molecule has 2 aromatic carbocycles. The van der Waals surface area contributed by atoms with Gasteiger partial charge in [0.25, 0.3) is 0 Å². The molecule has 2 aliphatic heterocycles. The van der Waals surface area contributed by atoms with Gasteiger partial charge in [0, 0.05) is 44.8 Å². The number of nitrogens with one attached hydrogen (secondary N) is 1. The van der Waals surface area contributed by atoms with Crippen LogP contribution >= 0.6 is 0 Å². The molecule has 1 amide bonds. The summed E-state index contributed by atoms with van der Waals surface area (Å²) in [5.41, 5.74) is 1.94. The van der Waals surface area contributed by atoms with E-state index in [0.29, 0.717) is 12.4 Å². The van der Waals surface area contributed by atoms with E-state index < -0.39 is 0 Å². The molecule has 5 rings (SSSR count). The first kappa shape index (κ1) is 17.4. The Morgan fingerprint density at radius 1 is 1.14 bits per heavy atom. The predicted molar refractivity (Wildman–Crippen MR) is 108 cm³/mol. The van der Waals surface area contributed by atoms with E-state index >= 15 is 0 Å². The molecule has 1 aromatic heterocycles. The lowest BCUT2D eigenvalue weighted by Gasteiger charge is -2.42. The topological polar surface area (TPSA) is 61.6 Å². The van der Waals surface area contributed by atoms with Crippen molar-refractivity contribution < 1.29 is 9.21 Å². The van der Waals surface area contributed by atoms with Crippen LogP contribution in [0.5, 0.6) is 0 Å². The molecule has 144 valence electrons. The number of hydrogen-bond donors (Lipinski definition) is 1. The Bertz CT molecular complexity index is 1030. The zero-order valence-electron chi connectivity index (χ0n) is 16.0. The number of fused-ring (bicyclic) bond motifs is 2. The third-order valence-electron chi connectivity index (χ3n) is 5.84. The van der Waals surface area contributed by atoms with Crippen molar-refractivity contribution in [3.8, 4) is 11.5 Å². The number of carbonyl (C=O) groups is 1. The summed E-state index contributed by atoms with van der Waals surface area (Å²) in [6.07, 6.45) is 0. The van der Waals surface area contributed by atoms with Crippen molar-refractivity contribution in [2.45, 2.75) is 19.5 Å². The third-order valence-corrected chi connectivity index (χ3v) is 5.84. The molecule has 0 radical (unpaired) electrons. The third kappa shape index (κ3) is 3.19. The molecule has 1 N–H and O–H groups in total. The molecule has 0 saturated carbocycles. The zero-order chi connectivity index (χ0) is 19.1. The summed E-state index contributed by atoms with van der Waals surface area (Å²) in [7, 11) is 0. The highest BCUT2D eigenvalue weighted by molar-refractivity contribution is 5.86. The SMILES string of the molecule is Cc1oc(-c2ccc3ccccc3c2)nc1CN1CCN2CCNC(=O)[C@H]2C1. The van der Waals surface area contributed by atoms with Crippen molar-refractivity contribution in [2.24, 2.45) is 0 Å². The highest BCUT2D eigenvalue weighted by atomic mass is 16.4. The Morgan fingerprint density at radius 2 is 2.00 bits per heavy atom. The van der Waals surface area contributed by atoms with Crippen LogP contribution in [-0.2, 0) is 11.3 Å². The quantitative estimate of drug-likeness (QED) is 0.761. The molecule has 3 heterocycles. The Hall–Kier alpha value is -2.70. The van der Waals surface area contributed by atoms with Gasteiger partial charge >= 0.3 is 0 Å². The van der Waals surface area contributed by atoms with Gasteiger partial charge in [-0.1, -0.05) is 30.3 Å². The Morgan fingerprint density at radius 3 is 2.89 bits per heavy atom. The summed E-state index contributed by atoms with van der Waals surface area (Å²) in [5, 5.41) is 5.36. The molecule has 2 aliphatic rings. The van der Waals surface area contributed by atoms with Crippen LogP contribution in [0, 0.1) is 6.92 Å². The van der Waals surface area contributed by atoms with E-state index in [4.69, 9.17) is 9.40 Å². The van der Waals surface area contributed by atoms with Gasteiger partial charge in [0.2, 0.25) is 11.8 Å². The van der Waals surface area contributed by atoms with E-state index in [0.717, 1.165) is 49.7 Å². The lowest BCUT2D eigenvalue weighted by molar-refractivity contribution is -0.132. The van der Waals surface area contributed by atoms with Gasteiger partial charge in [-0.2, -0.15) is 0 Å². The first-order chi connectivity index (χ1) is 13.7. The van der Waals surface area contributed by atoms with Gasteiger partial charge in [0.1, 0.15) is 11.8 Å². The van der Waals surface area contributed by atoms with E-state index in [1.807, 2.05) is 19.1 Å². The maximum atomic E-state index is 12.2. The van der Waals surface area contributed by atoms with Crippen molar-refractivity contribution in [1.82, 2.24) is 20.1 Å². The van der Waals surface area contributed by atoms with Crippen molar-refractivity contribution in [2.75, 3.05) is 32.7 Å². The lowest BCUT2D eigenvalue weighted by Crippen LogP contribution is -2.63. The second kappa shape index (κ2) is 7.04. The summed E-state index contributed by atoms with van der Waals surface area (Å²) in [4.78, 5) is 21.5. The molecule has 2 fully saturated rings. The minimum absolute atomic E-state index is 0.0466. The molecule has 0 aliphatic carbocycles. The average Bonchev–Trinajstić information content (AvgIpc) is 3.08. The fraction of sp³-hybridized carbons (Fsp3) is 0.364. The maximum absolute atomic E-state index is 12.2. The standard InChI is InChI=1S/C22H24N4O2/c1-15-19(13-25-10-11-26-9-8-23-21(27)20(26)14-25)24-22(28-15)18-7-6-16-4-2-3-5-17(16)12-18/h2-7,12,20H,8-11,13-14H2,1H3,(H,23,27)/t20-/m1/s1. The van der Waals surface area contributed by atoms with Crippen LogP contribution in [0.4, 0.5) is 0 Å². The molecule has 3 aromatic rings. The summed E-state index contributed by atoms with van der Waals surface area (Å²) in [5.74, 6) is 1.65. The number of amides is 1. The minimum atomic E-state index is -0.0466. The van der Waals surface area contributed by atoms with Gasteiger partial charge in [0.15, 0.2) is 0 Å². The highest BCUT2D eigenvalue weighted by Crippen LogP contribution is 2.26. The molecule has 1 atom stereocenters. The number of carbonyl (C=O) groups excluding carboxylic acids is 1. The summed E-state index contributed by atoms with van der Waals surface area (Å²) in [6.45, 7) is 6.99. The lowest BCUT2D eigenvalue weighted by atomic mass is 10.1. The van der Waals surface area contributed by atoms with Crippen molar-refractivity contribution in [3.63, 3.8) is 0 Å². The number of oxazole rings is 1. The van der Waals surface area contributed by atoms with Gasteiger partial charge in [-0.15, -0.1) is 0 Å². The minimum Gasteiger partial charge on any atom is -0.441 e. The molecular weight excluding hydrogens is 352 g/mol. The van der Waals surface area contributed by atoms with Crippen LogP contribution in [0.1, 0.15) is 11.5 Å². The van der Waals surface area contributed by atoms with Gasteiger partial charge < -0.3 is 9.73 Å². The van der Waals surface area contributed by atoms with E-state index in [9.17, 15) is 4.79 Å². The van der Waals surface area contributed by atoms with Crippen LogP contribution < -0.4 is 5.32 Å². The van der Waals surface area contributed by atoms with Gasteiger partial charge in [-0.25, -0.2) is 4.98 Å². The summed E-state index contributed by atoms with van der Waals surface area (Å²) < 4.78 is 5.99. The van der Waals surface area contributed by atoms with E-state index in [2.05, 4.69) is 45.4 Å². The zero-order valence-corrected chi connectivity index (χ0v) is 16.0. The van der Waals surface area contributed by atoms with Gasteiger partial charge in [-0.05, 0) is 29.8 Å². The fourth-order valence-electron chi connectivity index (χ4n) is 4.21. The number of aromatic nitrogens is 1. The summed E-state index contributed by atoms with van der Waals surface area (Å²) >= 11 is 0. The Labute approximate surface area is 164 Å². The average molecular weight is 376 g/mol. The molecule has 2 saturated heterocycles. The Kier molecular flexibility index (Phi) is 4.37.